The average Bonchev–Trinajstić information content (AvgIpc) is 2.88. The van der Waals surface area contributed by atoms with Gasteiger partial charge < -0.3 is 16.0 Å². The normalized spacial score (nSPS) is 19.5. The van der Waals surface area contributed by atoms with Crippen LogP contribution in [0.4, 0.5) is 10.1 Å². The first-order valence-electron chi connectivity index (χ1n) is 7.04. The summed E-state index contributed by atoms with van der Waals surface area (Å²) in [6.07, 6.45) is 1.10. The standard InChI is InChI=1S/C15H22FN3O/c1-10(2)19-6-5-11(9-19)8-18-15(20)12-3-4-13(16)14(17)7-12/h3-4,7,10-11H,5-6,8-9,17H2,1-2H3,(H,18,20). The molecule has 1 fully saturated rings. The highest BCUT2D eigenvalue weighted by Gasteiger charge is 2.24. The van der Waals surface area contributed by atoms with Crippen molar-refractivity contribution < 1.29 is 9.18 Å². The number of carbonyl (C=O) groups excluding carboxylic acids is 1. The molecule has 1 aromatic carbocycles. The number of hydrogen-bond acceptors (Lipinski definition) is 3. The van der Waals surface area contributed by atoms with E-state index in [4.69, 9.17) is 5.73 Å². The number of nitrogens with one attached hydrogen (secondary N) is 1. The average molecular weight is 279 g/mol. The van der Waals surface area contributed by atoms with Crippen LogP contribution < -0.4 is 11.1 Å². The number of likely N-dealkylation sites (tertiary alicyclic amines) is 1. The van der Waals surface area contributed by atoms with E-state index in [1.54, 1.807) is 0 Å². The number of anilines is 1. The van der Waals surface area contributed by atoms with Gasteiger partial charge >= 0.3 is 0 Å². The van der Waals surface area contributed by atoms with E-state index in [0.717, 1.165) is 19.5 Å². The summed E-state index contributed by atoms with van der Waals surface area (Å²) in [6, 6.07) is 4.60. The zero-order valence-electron chi connectivity index (χ0n) is 12.0. The molecule has 0 aromatic heterocycles. The molecule has 0 bridgehead atoms. The molecule has 1 atom stereocenters. The molecule has 0 aliphatic carbocycles. The second kappa shape index (κ2) is 6.22. The molecule has 1 aliphatic rings. The number of halogens is 1. The van der Waals surface area contributed by atoms with Gasteiger partial charge in [-0.15, -0.1) is 0 Å². The second-order valence-corrected chi connectivity index (χ2v) is 5.69. The van der Waals surface area contributed by atoms with Gasteiger partial charge in [0, 0.05) is 24.7 Å². The number of amides is 1. The van der Waals surface area contributed by atoms with Crippen LogP contribution in [0.5, 0.6) is 0 Å². The third-order valence-electron chi connectivity index (χ3n) is 3.86. The SMILES string of the molecule is CC(C)N1CCC(CNC(=O)c2ccc(F)c(N)c2)C1. The summed E-state index contributed by atoms with van der Waals surface area (Å²) >= 11 is 0. The van der Waals surface area contributed by atoms with Gasteiger partial charge in [0.25, 0.3) is 5.91 Å². The molecule has 110 valence electrons. The highest BCUT2D eigenvalue weighted by atomic mass is 19.1. The molecule has 0 spiro atoms. The van der Waals surface area contributed by atoms with Crippen molar-refractivity contribution in [3.05, 3.63) is 29.6 Å². The first-order valence-corrected chi connectivity index (χ1v) is 7.04. The first kappa shape index (κ1) is 14.8. The van der Waals surface area contributed by atoms with Gasteiger partial charge in [0.15, 0.2) is 0 Å². The minimum absolute atomic E-state index is 0.00417. The van der Waals surface area contributed by atoms with E-state index in [1.807, 2.05) is 0 Å². The number of nitrogens with zero attached hydrogens (tertiary/aromatic N) is 1. The highest BCUT2D eigenvalue weighted by Crippen LogP contribution is 2.18. The van der Waals surface area contributed by atoms with Crippen molar-refractivity contribution in [1.29, 1.82) is 0 Å². The molecule has 5 heteroatoms. The zero-order chi connectivity index (χ0) is 14.7. The Bertz CT molecular complexity index is 490. The Kier molecular flexibility index (Phi) is 4.60. The molecule has 1 aromatic rings. The van der Waals surface area contributed by atoms with Gasteiger partial charge in [0.1, 0.15) is 5.82 Å². The van der Waals surface area contributed by atoms with Crippen LogP contribution in [0.1, 0.15) is 30.6 Å². The van der Waals surface area contributed by atoms with E-state index in [-0.39, 0.29) is 11.6 Å². The molecule has 3 N–H and O–H groups in total. The third kappa shape index (κ3) is 3.48. The maximum Gasteiger partial charge on any atom is 0.251 e. The molecule has 4 nitrogen and oxygen atoms in total. The molecule has 20 heavy (non-hydrogen) atoms. The lowest BCUT2D eigenvalue weighted by atomic mass is 10.1. The quantitative estimate of drug-likeness (QED) is 0.827. The number of nitrogens with two attached hydrogens (primary N) is 1. The number of carbonyl (C=O) groups is 1. The summed E-state index contributed by atoms with van der Waals surface area (Å²) in [4.78, 5) is 14.4. The van der Waals surface area contributed by atoms with Crippen molar-refractivity contribution in [2.24, 2.45) is 5.92 Å². The number of benzene rings is 1. The minimum atomic E-state index is -0.495. The Hall–Kier alpha value is -1.62. The molecular formula is C15H22FN3O. The maximum atomic E-state index is 13.1. The monoisotopic (exact) mass is 279 g/mol. The van der Waals surface area contributed by atoms with E-state index in [1.165, 1.54) is 18.2 Å². The van der Waals surface area contributed by atoms with Gasteiger partial charge in [-0.3, -0.25) is 4.79 Å². The number of hydrogen-bond donors (Lipinski definition) is 2. The van der Waals surface area contributed by atoms with Crippen molar-refractivity contribution in [1.82, 2.24) is 10.2 Å². The lowest BCUT2D eigenvalue weighted by Crippen LogP contribution is -2.33. The summed E-state index contributed by atoms with van der Waals surface area (Å²) in [5.41, 5.74) is 5.88. The van der Waals surface area contributed by atoms with E-state index in [9.17, 15) is 9.18 Å². The number of nitrogen functional groups attached to an aromatic ring is 1. The van der Waals surface area contributed by atoms with Gasteiger partial charge in [0.05, 0.1) is 5.69 Å². The number of rotatable bonds is 4. The van der Waals surface area contributed by atoms with Crippen molar-refractivity contribution in [2.45, 2.75) is 26.3 Å². The summed E-state index contributed by atoms with van der Waals surface area (Å²) in [6.45, 7) is 7.12. The van der Waals surface area contributed by atoms with Crippen molar-refractivity contribution in [2.75, 3.05) is 25.4 Å². The molecule has 1 saturated heterocycles. The Labute approximate surface area is 119 Å². The third-order valence-corrected chi connectivity index (χ3v) is 3.86. The summed E-state index contributed by atoms with van der Waals surface area (Å²) in [7, 11) is 0. The van der Waals surface area contributed by atoms with Crippen LogP contribution in [-0.2, 0) is 0 Å². The fourth-order valence-corrected chi connectivity index (χ4v) is 2.52. The Morgan fingerprint density at radius 2 is 2.30 bits per heavy atom. The second-order valence-electron chi connectivity index (χ2n) is 5.69. The van der Waals surface area contributed by atoms with Crippen LogP contribution in [0.2, 0.25) is 0 Å². The van der Waals surface area contributed by atoms with Crippen LogP contribution in [-0.4, -0.2) is 36.5 Å². The van der Waals surface area contributed by atoms with Gasteiger partial charge in [0.2, 0.25) is 0 Å². The Balaban J connectivity index is 1.85. The molecule has 1 heterocycles. The lowest BCUT2D eigenvalue weighted by molar-refractivity contribution is 0.0947. The van der Waals surface area contributed by atoms with Crippen LogP contribution in [0.15, 0.2) is 18.2 Å². The largest absolute Gasteiger partial charge is 0.396 e. The first-order chi connectivity index (χ1) is 9.47. The van der Waals surface area contributed by atoms with Gasteiger partial charge in [-0.05, 0) is 50.9 Å². The van der Waals surface area contributed by atoms with Gasteiger partial charge in [-0.25, -0.2) is 4.39 Å². The van der Waals surface area contributed by atoms with E-state index in [2.05, 4.69) is 24.1 Å². The van der Waals surface area contributed by atoms with E-state index in [0.29, 0.717) is 24.1 Å². The van der Waals surface area contributed by atoms with Crippen LogP contribution in [0.3, 0.4) is 0 Å². The topological polar surface area (TPSA) is 58.4 Å². The Morgan fingerprint density at radius 1 is 1.55 bits per heavy atom. The summed E-state index contributed by atoms with van der Waals surface area (Å²) < 4.78 is 13.1. The lowest BCUT2D eigenvalue weighted by Gasteiger charge is -2.20. The van der Waals surface area contributed by atoms with Crippen LogP contribution in [0, 0.1) is 11.7 Å². The molecule has 1 aliphatic heterocycles. The molecule has 0 saturated carbocycles. The van der Waals surface area contributed by atoms with Crippen molar-refractivity contribution >= 4 is 11.6 Å². The fraction of sp³-hybridized carbons (Fsp3) is 0.533. The van der Waals surface area contributed by atoms with Crippen LogP contribution >= 0.6 is 0 Å². The maximum absolute atomic E-state index is 13.1. The zero-order valence-corrected chi connectivity index (χ0v) is 12.0. The van der Waals surface area contributed by atoms with Crippen molar-refractivity contribution in [3.63, 3.8) is 0 Å². The molecule has 0 radical (unpaired) electrons. The molecule has 1 unspecified atom stereocenters. The smallest absolute Gasteiger partial charge is 0.251 e. The predicted octanol–water partition coefficient (Wildman–Crippen LogP) is 1.87. The molecular weight excluding hydrogens is 257 g/mol. The van der Waals surface area contributed by atoms with E-state index < -0.39 is 5.82 Å². The minimum Gasteiger partial charge on any atom is -0.396 e. The highest BCUT2D eigenvalue weighted by molar-refractivity contribution is 5.95. The van der Waals surface area contributed by atoms with E-state index >= 15 is 0 Å². The molecule has 2 rings (SSSR count). The van der Waals surface area contributed by atoms with Crippen LogP contribution in [0.25, 0.3) is 0 Å². The van der Waals surface area contributed by atoms with Crippen molar-refractivity contribution in [3.8, 4) is 0 Å². The van der Waals surface area contributed by atoms with Gasteiger partial charge in [-0.1, -0.05) is 0 Å². The summed E-state index contributed by atoms with van der Waals surface area (Å²) in [5.74, 6) is -0.205. The Morgan fingerprint density at radius 3 is 2.90 bits per heavy atom. The molecule has 1 amide bonds. The fourth-order valence-electron chi connectivity index (χ4n) is 2.52. The van der Waals surface area contributed by atoms with Gasteiger partial charge in [-0.2, -0.15) is 0 Å². The summed E-state index contributed by atoms with van der Waals surface area (Å²) in [5, 5.41) is 2.90. The predicted molar refractivity (Wildman–Crippen MR) is 78.0 cm³/mol.